The lowest BCUT2D eigenvalue weighted by Crippen LogP contribution is -2.35. The summed E-state index contributed by atoms with van der Waals surface area (Å²) in [7, 11) is -3.97. The van der Waals surface area contributed by atoms with Gasteiger partial charge < -0.3 is 0 Å². The number of nitrogens with one attached hydrogen (secondary N) is 2. The first-order chi connectivity index (χ1) is 9.07. The number of hydrogen-bond acceptors (Lipinski definition) is 4. The predicted octanol–water partition coefficient (Wildman–Crippen LogP) is 1.17. The summed E-state index contributed by atoms with van der Waals surface area (Å²) in [6.07, 6.45) is 2.85. The first-order valence-corrected chi connectivity index (χ1v) is 6.85. The van der Waals surface area contributed by atoms with Crippen molar-refractivity contribution in [2.24, 2.45) is 0 Å². The molecule has 0 saturated carbocycles. The van der Waals surface area contributed by atoms with E-state index < -0.39 is 16.1 Å². The number of amides is 1. The van der Waals surface area contributed by atoms with E-state index in [9.17, 15) is 13.2 Å². The highest BCUT2D eigenvalue weighted by atomic mass is 32.2. The highest BCUT2D eigenvalue weighted by molar-refractivity contribution is 7.91. The number of aromatic nitrogens is 1. The minimum atomic E-state index is -3.97. The van der Waals surface area contributed by atoms with Crippen LogP contribution in [0.15, 0.2) is 54.9 Å². The van der Waals surface area contributed by atoms with E-state index in [0.29, 0.717) is 0 Å². The van der Waals surface area contributed by atoms with Gasteiger partial charge in [-0.05, 0) is 24.3 Å². The van der Waals surface area contributed by atoms with E-state index >= 15 is 0 Å². The van der Waals surface area contributed by atoms with Gasteiger partial charge in [-0.2, -0.15) is 8.42 Å². The van der Waals surface area contributed by atoms with Crippen LogP contribution in [0, 0.1) is 0 Å². The molecule has 98 valence electrons. The first-order valence-electron chi connectivity index (χ1n) is 5.37. The molecule has 1 heterocycles. The molecule has 0 aliphatic carbocycles. The van der Waals surface area contributed by atoms with Crippen LogP contribution in [0.25, 0.3) is 0 Å². The Balaban J connectivity index is 2.08. The largest absolute Gasteiger partial charge is 0.324 e. The standard InChI is InChI=1S/C12H11N3O3S/c16-12(10-5-2-1-3-6-10)15-19(17,18)14-11-7-4-8-13-9-11/h1-9,14H,(H,15,16). The molecule has 0 radical (unpaired) electrons. The SMILES string of the molecule is O=C(NS(=O)(=O)Nc1cccnc1)c1ccccc1. The van der Waals surface area contributed by atoms with Crippen LogP contribution in [0.5, 0.6) is 0 Å². The van der Waals surface area contributed by atoms with Gasteiger partial charge in [-0.1, -0.05) is 18.2 Å². The van der Waals surface area contributed by atoms with E-state index in [1.165, 1.54) is 30.6 Å². The Morgan fingerprint density at radius 1 is 1.05 bits per heavy atom. The summed E-state index contributed by atoms with van der Waals surface area (Å²) in [5.41, 5.74) is 0.537. The molecule has 1 aromatic carbocycles. The van der Waals surface area contributed by atoms with Gasteiger partial charge >= 0.3 is 10.2 Å². The highest BCUT2D eigenvalue weighted by Crippen LogP contribution is 2.05. The lowest BCUT2D eigenvalue weighted by Gasteiger charge is -2.08. The second kappa shape index (κ2) is 5.49. The first kappa shape index (κ1) is 13.0. The Hall–Kier alpha value is -2.41. The Morgan fingerprint density at radius 3 is 2.42 bits per heavy atom. The molecule has 1 amide bonds. The van der Waals surface area contributed by atoms with Crippen LogP contribution in [0.1, 0.15) is 10.4 Å². The lowest BCUT2D eigenvalue weighted by atomic mass is 10.2. The summed E-state index contributed by atoms with van der Waals surface area (Å²) in [6, 6.07) is 11.2. The molecule has 19 heavy (non-hydrogen) atoms. The third-order valence-electron chi connectivity index (χ3n) is 2.18. The average Bonchev–Trinajstić information content (AvgIpc) is 2.39. The third-order valence-corrected chi connectivity index (χ3v) is 3.14. The molecule has 0 saturated heterocycles. The van der Waals surface area contributed by atoms with Gasteiger partial charge in [-0.25, -0.2) is 4.72 Å². The summed E-state index contributed by atoms with van der Waals surface area (Å²) in [4.78, 5) is 15.5. The van der Waals surface area contributed by atoms with Crippen molar-refractivity contribution in [2.45, 2.75) is 0 Å². The van der Waals surface area contributed by atoms with Gasteiger partial charge in [0.2, 0.25) is 0 Å². The number of nitrogens with zero attached hydrogens (tertiary/aromatic N) is 1. The number of hydrogen-bond donors (Lipinski definition) is 2. The van der Waals surface area contributed by atoms with Gasteiger partial charge in [0.25, 0.3) is 5.91 Å². The zero-order valence-corrected chi connectivity index (χ0v) is 10.6. The Bertz CT molecular complexity index is 657. The smallest absolute Gasteiger partial charge is 0.268 e. The van der Waals surface area contributed by atoms with Crippen molar-refractivity contribution in [3.05, 3.63) is 60.4 Å². The monoisotopic (exact) mass is 277 g/mol. The van der Waals surface area contributed by atoms with Crippen LogP contribution in [0.2, 0.25) is 0 Å². The fraction of sp³-hybridized carbons (Fsp3) is 0. The van der Waals surface area contributed by atoms with E-state index in [4.69, 9.17) is 0 Å². The highest BCUT2D eigenvalue weighted by Gasteiger charge is 2.15. The maximum atomic E-state index is 11.7. The van der Waals surface area contributed by atoms with Crippen molar-refractivity contribution in [2.75, 3.05) is 4.72 Å². The second-order valence-electron chi connectivity index (χ2n) is 3.64. The van der Waals surface area contributed by atoms with E-state index in [-0.39, 0.29) is 11.3 Å². The molecule has 1 aromatic heterocycles. The Kier molecular flexibility index (Phi) is 3.76. The van der Waals surface area contributed by atoms with Crippen LogP contribution in [-0.2, 0) is 10.2 Å². The van der Waals surface area contributed by atoms with E-state index in [1.807, 2.05) is 4.72 Å². The topological polar surface area (TPSA) is 88.2 Å². The minimum Gasteiger partial charge on any atom is -0.268 e. The van der Waals surface area contributed by atoms with Crippen LogP contribution in [0.3, 0.4) is 0 Å². The lowest BCUT2D eigenvalue weighted by molar-refractivity contribution is 0.0981. The maximum absolute atomic E-state index is 11.7. The molecule has 0 fully saturated rings. The van der Waals surface area contributed by atoms with Crippen LogP contribution in [0.4, 0.5) is 5.69 Å². The van der Waals surface area contributed by atoms with Gasteiger partial charge in [0.05, 0.1) is 11.9 Å². The van der Waals surface area contributed by atoms with Gasteiger partial charge in [0.15, 0.2) is 0 Å². The number of carbonyl (C=O) groups excluding carboxylic acids is 1. The second-order valence-corrected chi connectivity index (χ2v) is 5.06. The van der Waals surface area contributed by atoms with Gasteiger partial charge in [0.1, 0.15) is 0 Å². The van der Waals surface area contributed by atoms with E-state index in [2.05, 4.69) is 9.71 Å². The Labute approximate surface area is 110 Å². The molecule has 2 aromatic rings. The molecule has 0 atom stereocenters. The molecular formula is C12H11N3O3S. The minimum absolute atomic E-state index is 0.263. The zero-order chi connectivity index (χ0) is 13.7. The fourth-order valence-corrected chi connectivity index (χ4v) is 2.22. The molecule has 7 heteroatoms. The molecular weight excluding hydrogens is 266 g/mol. The van der Waals surface area contributed by atoms with Gasteiger partial charge in [-0.3, -0.25) is 14.5 Å². The number of benzene rings is 1. The summed E-state index contributed by atoms with van der Waals surface area (Å²) in [5, 5.41) is 0. The number of pyridine rings is 1. The van der Waals surface area contributed by atoms with Crippen LogP contribution < -0.4 is 9.44 Å². The molecule has 6 nitrogen and oxygen atoms in total. The summed E-state index contributed by atoms with van der Waals surface area (Å²) in [6.45, 7) is 0. The summed E-state index contributed by atoms with van der Waals surface area (Å²) < 4.78 is 27.5. The predicted molar refractivity (Wildman–Crippen MR) is 70.7 cm³/mol. The summed E-state index contributed by atoms with van der Waals surface area (Å²) in [5.74, 6) is -0.697. The Morgan fingerprint density at radius 2 is 1.79 bits per heavy atom. The summed E-state index contributed by atoms with van der Waals surface area (Å²) >= 11 is 0. The maximum Gasteiger partial charge on any atom is 0.324 e. The van der Waals surface area contributed by atoms with Crippen LogP contribution in [-0.4, -0.2) is 19.3 Å². The number of carbonyl (C=O) groups is 1. The van der Waals surface area contributed by atoms with E-state index in [1.54, 1.807) is 24.3 Å². The van der Waals surface area contributed by atoms with Gasteiger partial charge in [-0.15, -0.1) is 0 Å². The van der Waals surface area contributed by atoms with Crippen LogP contribution >= 0.6 is 0 Å². The number of anilines is 1. The molecule has 0 spiro atoms. The molecule has 0 aliphatic heterocycles. The van der Waals surface area contributed by atoms with Crippen molar-refractivity contribution in [3.63, 3.8) is 0 Å². The van der Waals surface area contributed by atoms with Crippen molar-refractivity contribution < 1.29 is 13.2 Å². The van der Waals surface area contributed by atoms with Crippen molar-refractivity contribution >= 4 is 21.8 Å². The molecule has 0 unspecified atom stereocenters. The van der Waals surface area contributed by atoms with Crippen molar-refractivity contribution in [1.29, 1.82) is 0 Å². The van der Waals surface area contributed by atoms with Crippen molar-refractivity contribution in [3.8, 4) is 0 Å². The molecule has 2 rings (SSSR count). The number of rotatable bonds is 4. The van der Waals surface area contributed by atoms with E-state index in [0.717, 1.165) is 0 Å². The quantitative estimate of drug-likeness (QED) is 0.878. The normalized spacial score (nSPS) is 10.7. The molecule has 0 bridgehead atoms. The average molecular weight is 277 g/mol. The molecule has 0 aliphatic rings. The molecule has 2 N–H and O–H groups in total. The van der Waals surface area contributed by atoms with Crippen molar-refractivity contribution in [1.82, 2.24) is 9.71 Å². The fourth-order valence-electron chi connectivity index (χ4n) is 1.37. The van der Waals surface area contributed by atoms with Gasteiger partial charge in [0, 0.05) is 11.8 Å². The third kappa shape index (κ3) is 3.78. The zero-order valence-electron chi connectivity index (χ0n) is 9.78.